The number of amides is 1. The minimum absolute atomic E-state index is 0.109. The largest absolute Gasteiger partial charge is 0.468 e. The number of hydrogen-bond donors (Lipinski definition) is 2. The number of carbonyl (C=O) groups is 1. The maximum Gasteiger partial charge on any atom is 0.407 e. The number of carbonyl (C=O) groups excluding carboxylic acids is 1. The van der Waals surface area contributed by atoms with E-state index in [4.69, 9.17) is 9.15 Å². The molecule has 2 rings (SSSR count). The average Bonchev–Trinajstić information content (AvgIpc) is 2.97. The molecule has 1 fully saturated rings. The standard InChI is InChI=1S/C18H30N2O3/c1-14-8-5-6-10-18(14,20-12-15-9-7-11-22-15)13-19-16(21)23-17(2,3)4/h7,9,11,14,20H,5-6,8,10,12-13H2,1-4H3,(H,19,21). The molecule has 130 valence electrons. The van der Waals surface area contributed by atoms with Crippen LogP contribution in [0.2, 0.25) is 0 Å². The number of furan rings is 1. The van der Waals surface area contributed by atoms with Crippen molar-refractivity contribution in [1.82, 2.24) is 10.6 Å². The van der Waals surface area contributed by atoms with Crippen molar-refractivity contribution in [3.05, 3.63) is 24.2 Å². The monoisotopic (exact) mass is 322 g/mol. The molecule has 1 heterocycles. The van der Waals surface area contributed by atoms with E-state index < -0.39 is 5.60 Å². The van der Waals surface area contributed by atoms with E-state index >= 15 is 0 Å². The van der Waals surface area contributed by atoms with E-state index in [1.54, 1.807) is 6.26 Å². The molecule has 1 amide bonds. The molecule has 1 aliphatic carbocycles. The molecule has 0 radical (unpaired) electrons. The zero-order valence-electron chi connectivity index (χ0n) is 14.8. The third-order valence-electron chi connectivity index (χ3n) is 4.60. The Hall–Kier alpha value is -1.49. The first-order chi connectivity index (χ1) is 10.8. The summed E-state index contributed by atoms with van der Waals surface area (Å²) in [4.78, 5) is 12.0. The normalized spacial score (nSPS) is 25.1. The molecule has 2 unspecified atom stereocenters. The van der Waals surface area contributed by atoms with Crippen LogP contribution in [0.15, 0.2) is 22.8 Å². The summed E-state index contributed by atoms with van der Waals surface area (Å²) in [5.74, 6) is 1.40. The van der Waals surface area contributed by atoms with Crippen molar-refractivity contribution in [3.8, 4) is 0 Å². The summed E-state index contributed by atoms with van der Waals surface area (Å²) in [5.41, 5.74) is -0.584. The van der Waals surface area contributed by atoms with Crippen molar-refractivity contribution < 1.29 is 13.9 Å². The lowest BCUT2D eigenvalue weighted by Gasteiger charge is -2.43. The molecule has 1 aromatic rings. The zero-order chi connectivity index (χ0) is 16.9. The van der Waals surface area contributed by atoms with Crippen LogP contribution in [0.4, 0.5) is 4.79 Å². The fourth-order valence-corrected chi connectivity index (χ4v) is 3.22. The van der Waals surface area contributed by atoms with E-state index in [-0.39, 0.29) is 11.6 Å². The maximum absolute atomic E-state index is 12.0. The van der Waals surface area contributed by atoms with Gasteiger partial charge in [-0.05, 0) is 51.7 Å². The molecule has 5 heteroatoms. The second-order valence-electron chi connectivity index (χ2n) is 7.59. The van der Waals surface area contributed by atoms with Gasteiger partial charge in [-0.2, -0.15) is 0 Å². The van der Waals surface area contributed by atoms with Gasteiger partial charge in [-0.25, -0.2) is 4.79 Å². The van der Waals surface area contributed by atoms with Crippen molar-refractivity contribution in [3.63, 3.8) is 0 Å². The lowest BCUT2D eigenvalue weighted by atomic mass is 9.73. The Morgan fingerprint density at radius 3 is 2.83 bits per heavy atom. The molecule has 1 aliphatic rings. The number of nitrogens with one attached hydrogen (secondary N) is 2. The highest BCUT2D eigenvalue weighted by molar-refractivity contribution is 5.67. The van der Waals surface area contributed by atoms with Gasteiger partial charge in [0.05, 0.1) is 12.8 Å². The van der Waals surface area contributed by atoms with E-state index in [0.717, 1.165) is 12.2 Å². The molecule has 23 heavy (non-hydrogen) atoms. The van der Waals surface area contributed by atoms with Crippen LogP contribution in [0.5, 0.6) is 0 Å². The molecule has 1 aromatic heterocycles. The Kier molecular flexibility index (Phi) is 5.74. The fraction of sp³-hybridized carbons (Fsp3) is 0.722. The first-order valence-corrected chi connectivity index (χ1v) is 8.55. The van der Waals surface area contributed by atoms with Crippen molar-refractivity contribution >= 4 is 6.09 Å². The third kappa shape index (κ3) is 5.27. The molecule has 0 spiro atoms. The summed E-state index contributed by atoms with van der Waals surface area (Å²) < 4.78 is 10.8. The second-order valence-corrected chi connectivity index (χ2v) is 7.59. The highest BCUT2D eigenvalue weighted by atomic mass is 16.6. The average molecular weight is 322 g/mol. The van der Waals surface area contributed by atoms with Crippen molar-refractivity contribution in [1.29, 1.82) is 0 Å². The quantitative estimate of drug-likeness (QED) is 0.864. The van der Waals surface area contributed by atoms with Crippen molar-refractivity contribution in [2.24, 2.45) is 5.92 Å². The van der Waals surface area contributed by atoms with E-state index in [1.807, 2.05) is 32.9 Å². The minimum atomic E-state index is -0.475. The van der Waals surface area contributed by atoms with Crippen LogP contribution >= 0.6 is 0 Å². The third-order valence-corrected chi connectivity index (χ3v) is 4.60. The van der Waals surface area contributed by atoms with Gasteiger partial charge in [0.2, 0.25) is 0 Å². The van der Waals surface area contributed by atoms with Gasteiger partial charge in [-0.3, -0.25) is 0 Å². The van der Waals surface area contributed by atoms with Crippen LogP contribution in [0, 0.1) is 5.92 Å². The number of alkyl carbamates (subject to hydrolysis) is 1. The summed E-state index contributed by atoms with van der Waals surface area (Å²) in [7, 11) is 0. The van der Waals surface area contributed by atoms with Crippen LogP contribution < -0.4 is 10.6 Å². The van der Waals surface area contributed by atoms with Gasteiger partial charge < -0.3 is 19.8 Å². The Balaban J connectivity index is 1.97. The summed E-state index contributed by atoms with van der Waals surface area (Å²) in [6.07, 6.45) is 5.97. The minimum Gasteiger partial charge on any atom is -0.468 e. The molecule has 0 bridgehead atoms. The predicted molar refractivity (Wildman–Crippen MR) is 90.1 cm³/mol. The molecule has 0 aliphatic heterocycles. The van der Waals surface area contributed by atoms with Gasteiger partial charge in [0.15, 0.2) is 0 Å². The zero-order valence-corrected chi connectivity index (χ0v) is 14.8. The predicted octanol–water partition coefficient (Wildman–Crippen LogP) is 3.84. The van der Waals surface area contributed by atoms with Gasteiger partial charge in [-0.1, -0.05) is 19.8 Å². The molecule has 0 saturated heterocycles. The van der Waals surface area contributed by atoms with E-state index in [0.29, 0.717) is 19.0 Å². The highest BCUT2D eigenvalue weighted by Crippen LogP contribution is 2.33. The molecule has 2 atom stereocenters. The van der Waals surface area contributed by atoms with E-state index in [1.165, 1.54) is 19.3 Å². The van der Waals surface area contributed by atoms with Gasteiger partial charge in [-0.15, -0.1) is 0 Å². The summed E-state index contributed by atoms with van der Waals surface area (Å²) in [6.45, 7) is 9.13. The maximum atomic E-state index is 12.0. The van der Waals surface area contributed by atoms with Crippen LogP contribution in [0.3, 0.4) is 0 Å². The van der Waals surface area contributed by atoms with E-state index in [9.17, 15) is 4.79 Å². The molecule has 2 N–H and O–H groups in total. The van der Waals surface area contributed by atoms with Gasteiger partial charge in [0.1, 0.15) is 11.4 Å². The van der Waals surface area contributed by atoms with Crippen molar-refractivity contribution in [2.45, 2.75) is 71.1 Å². The first-order valence-electron chi connectivity index (χ1n) is 8.55. The Morgan fingerprint density at radius 2 is 2.22 bits per heavy atom. The molecule has 1 saturated carbocycles. The topological polar surface area (TPSA) is 63.5 Å². The Morgan fingerprint density at radius 1 is 1.43 bits per heavy atom. The Labute approximate surface area is 139 Å². The fourth-order valence-electron chi connectivity index (χ4n) is 3.22. The number of ether oxygens (including phenoxy) is 1. The van der Waals surface area contributed by atoms with Gasteiger partial charge in [0, 0.05) is 12.1 Å². The summed E-state index contributed by atoms with van der Waals surface area (Å²) in [5, 5.41) is 6.60. The molecule has 0 aromatic carbocycles. The number of hydrogen-bond acceptors (Lipinski definition) is 4. The SMILES string of the molecule is CC1CCCCC1(CNC(=O)OC(C)(C)C)NCc1ccco1. The van der Waals surface area contributed by atoms with Gasteiger partial charge >= 0.3 is 6.09 Å². The Bertz CT molecular complexity index is 493. The highest BCUT2D eigenvalue weighted by Gasteiger charge is 2.38. The molecule has 5 nitrogen and oxygen atoms in total. The first kappa shape index (κ1) is 17.9. The van der Waals surface area contributed by atoms with Gasteiger partial charge in [0.25, 0.3) is 0 Å². The second kappa shape index (κ2) is 7.39. The molecular weight excluding hydrogens is 292 g/mol. The summed E-state index contributed by atoms with van der Waals surface area (Å²) in [6, 6.07) is 3.86. The van der Waals surface area contributed by atoms with Crippen LogP contribution in [-0.4, -0.2) is 23.8 Å². The number of rotatable bonds is 5. The van der Waals surface area contributed by atoms with Crippen LogP contribution in [-0.2, 0) is 11.3 Å². The lowest BCUT2D eigenvalue weighted by molar-refractivity contribution is 0.0478. The van der Waals surface area contributed by atoms with E-state index in [2.05, 4.69) is 17.6 Å². The van der Waals surface area contributed by atoms with Crippen LogP contribution in [0.25, 0.3) is 0 Å². The van der Waals surface area contributed by atoms with Crippen molar-refractivity contribution in [2.75, 3.05) is 6.54 Å². The lowest BCUT2D eigenvalue weighted by Crippen LogP contribution is -2.58. The summed E-state index contributed by atoms with van der Waals surface area (Å²) >= 11 is 0. The molecular formula is C18H30N2O3. The smallest absolute Gasteiger partial charge is 0.407 e. The van der Waals surface area contributed by atoms with Crippen LogP contribution in [0.1, 0.15) is 59.1 Å².